The number of aromatic nitrogens is 2. The molecule has 1 unspecified atom stereocenters. The SMILES string of the molecule is CCc1nn(C)c(C(=O)NC2(C)CCS(=O)(=O)C2)c1N. The number of nitrogens with one attached hydrogen (secondary N) is 1. The van der Waals surface area contributed by atoms with Crippen LogP contribution in [0.2, 0.25) is 0 Å². The van der Waals surface area contributed by atoms with Gasteiger partial charge in [-0.05, 0) is 19.8 Å². The van der Waals surface area contributed by atoms with Gasteiger partial charge in [-0.3, -0.25) is 9.48 Å². The van der Waals surface area contributed by atoms with Crippen LogP contribution >= 0.6 is 0 Å². The third kappa shape index (κ3) is 2.65. The number of amides is 1. The second-order valence-corrected chi connectivity index (χ2v) is 7.73. The van der Waals surface area contributed by atoms with Gasteiger partial charge in [-0.2, -0.15) is 5.10 Å². The summed E-state index contributed by atoms with van der Waals surface area (Å²) in [6.45, 7) is 3.65. The molecule has 0 aliphatic carbocycles. The highest BCUT2D eigenvalue weighted by atomic mass is 32.2. The predicted molar refractivity (Wildman–Crippen MR) is 76.1 cm³/mol. The monoisotopic (exact) mass is 300 g/mol. The molecule has 0 radical (unpaired) electrons. The summed E-state index contributed by atoms with van der Waals surface area (Å²) in [5.41, 5.74) is 6.50. The fourth-order valence-electron chi connectivity index (χ4n) is 2.57. The van der Waals surface area contributed by atoms with E-state index in [4.69, 9.17) is 5.73 Å². The van der Waals surface area contributed by atoms with Crippen molar-refractivity contribution in [2.45, 2.75) is 32.2 Å². The number of carbonyl (C=O) groups is 1. The maximum absolute atomic E-state index is 12.3. The highest BCUT2D eigenvalue weighted by molar-refractivity contribution is 7.91. The molecular formula is C12H20N4O3S. The lowest BCUT2D eigenvalue weighted by atomic mass is 10.0. The van der Waals surface area contributed by atoms with Crippen LogP contribution in [0.1, 0.15) is 36.5 Å². The number of nitrogens with zero attached hydrogens (tertiary/aromatic N) is 2. The summed E-state index contributed by atoms with van der Waals surface area (Å²) in [5.74, 6) is -0.313. The van der Waals surface area contributed by atoms with Gasteiger partial charge < -0.3 is 11.1 Å². The Morgan fingerprint density at radius 1 is 1.55 bits per heavy atom. The van der Waals surface area contributed by atoms with E-state index >= 15 is 0 Å². The number of nitrogen functional groups attached to an aromatic ring is 1. The quantitative estimate of drug-likeness (QED) is 0.808. The molecule has 1 saturated heterocycles. The molecule has 1 aromatic rings. The van der Waals surface area contributed by atoms with Gasteiger partial charge in [0.1, 0.15) is 5.69 Å². The molecule has 8 heteroatoms. The Kier molecular flexibility index (Phi) is 3.53. The van der Waals surface area contributed by atoms with Gasteiger partial charge in [0.15, 0.2) is 9.84 Å². The number of hydrogen-bond donors (Lipinski definition) is 2. The van der Waals surface area contributed by atoms with Crippen LogP contribution in [0.25, 0.3) is 0 Å². The number of nitrogens with two attached hydrogens (primary N) is 1. The molecule has 20 heavy (non-hydrogen) atoms. The fourth-order valence-corrected chi connectivity index (χ4v) is 4.66. The van der Waals surface area contributed by atoms with Crippen molar-refractivity contribution in [2.24, 2.45) is 7.05 Å². The highest BCUT2D eigenvalue weighted by Gasteiger charge is 2.40. The van der Waals surface area contributed by atoms with Crippen LogP contribution in [0.5, 0.6) is 0 Å². The van der Waals surface area contributed by atoms with Crippen molar-refractivity contribution in [3.8, 4) is 0 Å². The van der Waals surface area contributed by atoms with Gasteiger partial charge in [0.05, 0.1) is 28.4 Å². The summed E-state index contributed by atoms with van der Waals surface area (Å²) >= 11 is 0. The van der Waals surface area contributed by atoms with Gasteiger partial charge >= 0.3 is 0 Å². The maximum Gasteiger partial charge on any atom is 0.272 e. The first-order chi connectivity index (χ1) is 9.17. The Morgan fingerprint density at radius 2 is 2.20 bits per heavy atom. The first kappa shape index (κ1) is 14.8. The number of carbonyl (C=O) groups excluding carboxylic acids is 1. The molecule has 112 valence electrons. The minimum absolute atomic E-state index is 0.0376. The molecule has 2 heterocycles. The minimum Gasteiger partial charge on any atom is -0.395 e. The van der Waals surface area contributed by atoms with Gasteiger partial charge in [-0.25, -0.2) is 8.42 Å². The van der Waals surface area contributed by atoms with E-state index in [0.717, 1.165) is 0 Å². The van der Waals surface area contributed by atoms with Gasteiger partial charge in [-0.15, -0.1) is 0 Å². The minimum atomic E-state index is -3.07. The van der Waals surface area contributed by atoms with E-state index < -0.39 is 15.4 Å². The molecule has 1 aliphatic rings. The molecule has 0 aromatic carbocycles. The van der Waals surface area contributed by atoms with Crippen LogP contribution in [0.4, 0.5) is 5.69 Å². The number of anilines is 1. The summed E-state index contributed by atoms with van der Waals surface area (Å²) in [6.07, 6.45) is 1.05. The summed E-state index contributed by atoms with van der Waals surface area (Å²) in [7, 11) is -1.42. The Labute approximate surface area is 118 Å². The van der Waals surface area contributed by atoms with Crippen molar-refractivity contribution in [3.05, 3.63) is 11.4 Å². The Morgan fingerprint density at radius 3 is 2.65 bits per heavy atom. The molecule has 0 saturated carbocycles. The van der Waals surface area contributed by atoms with Crippen molar-refractivity contribution < 1.29 is 13.2 Å². The zero-order valence-corrected chi connectivity index (χ0v) is 12.7. The lowest BCUT2D eigenvalue weighted by Crippen LogP contribution is -2.47. The Bertz CT molecular complexity index is 650. The number of hydrogen-bond acceptors (Lipinski definition) is 5. The molecule has 0 spiro atoms. The van der Waals surface area contributed by atoms with Gasteiger partial charge in [-0.1, -0.05) is 6.92 Å². The molecule has 3 N–H and O–H groups in total. The van der Waals surface area contributed by atoms with E-state index in [1.54, 1.807) is 14.0 Å². The summed E-state index contributed by atoms with van der Waals surface area (Å²) < 4.78 is 24.6. The predicted octanol–water partition coefficient (Wildman–Crippen LogP) is -0.128. The highest BCUT2D eigenvalue weighted by Crippen LogP contribution is 2.24. The molecule has 1 aromatic heterocycles. The molecule has 2 rings (SSSR count). The van der Waals surface area contributed by atoms with E-state index in [-0.39, 0.29) is 23.1 Å². The third-order valence-corrected chi connectivity index (χ3v) is 5.53. The van der Waals surface area contributed by atoms with Crippen molar-refractivity contribution in [2.75, 3.05) is 17.2 Å². The van der Waals surface area contributed by atoms with Crippen LogP contribution in [0, 0.1) is 0 Å². The van der Waals surface area contributed by atoms with E-state index in [1.807, 2.05) is 6.92 Å². The molecule has 1 aliphatic heterocycles. The standard InChI is InChI=1S/C12H20N4O3S/c1-4-8-9(13)10(16(3)15-8)11(17)14-12(2)5-6-20(18,19)7-12/h4-7,13H2,1-3H3,(H,14,17). The third-order valence-electron chi connectivity index (χ3n) is 3.63. The average molecular weight is 300 g/mol. The molecule has 7 nitrogen and oxygen atoms in total. The van der Waals surface area contributed by atoms with Crippen LogP contribution in [0.15, 0.2) is 0 Å². The van der Waals surface area contributed by atoms with Crippen LogP contribution in [-0.4, -0.2) is 41.2 Å². The zero-order valence-electron chi connectivity index (χ0n) is 11.9. The van der Waals surface area contributed by atoms with E-state index in [0.29, 0.717) is 24.2 Å². The van der Waals surface area contributed by atoms with Crippen LogP contribution in [0.3, 0.4) is 0 Å². The molecule has 1 atom stereocenters. The van der Waals surface area contributed by atoms with Crippen LogP contribution < -0.4 is 11.1 Å². The Hall–Kier alpha value is -1.57. The van der Waals surface area contributed by atoms with E-state index in [2.05, 4.69) is 10.4 Å². The topological polar surface area (TPSA) is 107 Å². The van der Waals surface area contributed by atoms with Crippen molar-refractivity contribution in [1.29, 1.82) is 0 Å². The molecule has 0 bridgehead atoms. The van der Waals surface area contributed by atoms with Crippen molar-refractivity contribution >= 4 is 21.4 Å². The van der Waals surface area contributed by atoms with Crippen molar-refractivity contribution in [3.63, 3.8) is 0 Å². The second-order valence-electron chi connectivity index (χ2n) is 5.54. The lowest BCUT2D eigenvalue weighted by molar-refractivity contribution is 0.0906. The van der Waals surface area contributed by atoms with Crippen LogP contribution in [-0.2, 0) is 23.3 Å². The van der Waals surface area contributed by atoms with Crippen molar-refractivity contribution in [1.82, 2.24) is 15.1 Å². The first-order valence-electron chi connectivity index (χ1n) is 6.52. The first-order valence-corrected chi connectivity index (χ1v) is 8.34. The molecular weight excluding hydrogens is 280 g/mol. The maximum atomic E-state index is 12.3. The normalized spacial score (nSPS) is 24.8. The smallest absolute Gasteiger partial charge is 0.272 e. The number of rotatable bonds is 3. The van der Waals surface area contributed by atoms with Gasteiger partial charge in [0, 0.05) is 7.05 Å². The van der Waals surface area contributed by atoms with E-state index in [9.17, 15) is 13.2 Å². The second kappa shape index (κ2) is 4.76. The summed E-state index contributed by atoms with van der Waals surface area (Å²) in [6, 6.07) is 0. The largest absolute Gasteiger partial charge is 0.395 e. The molecule has 1 amide bonds. The number of aryl methyl sites for hydroxylation is 2. The average Bonchev–Trinajstić information content (AvgIpc) is 2.75. The van der Waals surface area contributed by atoms with Gasteiger partial charge in [0.2, 0.25) is 0 Å². The molecule has 1 fully saturated rings. The summed E-state index contributed by atoms with van der Waals surface area (Å²) in [4.78, 5) is 12.3. The zero-order chi connectivity index (χ0) is 15.1. The van der Waals surface area contributed by atoms with E-state index in [1.165, 1.54) is 4.68 Å². The van der Waals surface area contributed by atoms with Gasteiger partial charge in [0.25, 0.3) is 5.91 Å². The summed E-state index contributed by atoms with van der Waals surface area (Å²) in [5, 5.41) is 6.98. The Balaban J connectivity index is 2.24. The lowest BCUT2D eigenvalue weighted by Gasteiger charge is -2.23. The fraction of sp³-hybridized carbons (Fsp3) is 0.667. The number of sulfone groups is 1.